The Morgan fingerprint density at radius 2 is 1.88 bits per heavy atom. The Morgan fingerprint density at radius 1 is 1.29 bits per heavy atom. The topological polar surface area (TPSA) is 87.7 Å². The molecule has 0 radical (unpaired) electrons. The van der Waals surface area contributed by atoms with Gasteiger partial charge in [-0.25, -0.2) is 4.79 Å². The Kier molecular flexibility index (Phi) is 6.69. The van der Waals surface area contributed by atoms with Gasteiger partial charge in [-0.15, -0.1) is 0 Å². The van der Waals surface area contributed by atoms with Crippen LogP contribution in [-0.2, 0) is 14.3 Å². The predicted octanol–water partition coefficient (Wildman–Crippen LogP) is -0.675. The average molecular weight is 245 g/mol. The van der Waals surface area contributed by atoms with Crippen LogP contribution >= 0.6 is 0 Å². The van der Waals surface area contributed by atoms with Crippen molar-refractivity contribution in [2.75, 3.05) is 27.2 Å². The number of likely N-dealkylation sites (N-methyl/N-ethyl adjacent to an activating group) is 1. The van der Waals surface area contributed by atoms with E-state index >= 15 is 0 Å². The molecular weight excluding hydrogens is 226 g/mol. The van der Waals surface area contributed by atoms with Crippen molar-refractivity contribution in [3.63, 3.8) is 0 Å². The van der Waals surface area contributed by atoms with Crippen LogP contribution in [0.25, 0.3) is 0 Å². The fourth-order valence-corrected chi connectivity index (χ4v) is 1.06. The third-order valence-electron chi connectivity index (χ3n) is 1.86. The number of nitrogens with one attached hydrogen (secondary N) is 2. The first-order valence-corrected chi connectivity index (χ1v) is 5.29. The van der Waals surface area contributed by atoms with Gasteiger partial charge in [-0.3, -0.25) is 9.59 Å². The zero-order chi connectivity index (χ0) is 13.4. The van der Waals surface area contributed by atoms with Gasteiger partial charge in [-0.2, -0.15) is 0 Å². The van der Waals surface area contributed by atoms with Crippen molar-refractivity contribution in [3.8, 4) is 0 Å². The molecule has 0 rings (SSSR count). The summed E-state index contributed by atoms with van der Waals surface area (Å²) < 4.78 is 4.63. The Hall–Kier alpha value is -1.79. The number of ether oxygens (including phenoxy) is 1. The van der Waals surface area contributed by atoms with Gasteiger partial charge in [0.05, 0.1) is 6.61 Å². The zero-order valence-corrected chi connectivity index (χ0v) is 10.6. The van der Waals surface area contributed by atoms with Crippen molar-refractivity contribution in [2.24, 2.45) is 0 Å². The van der Waals surface area contributed by atoms with E-state index in [1.54, 1.807) is 27.9 Å². The van der Waals surface area contributed by atoms with E-state index in [2.05, 4.69) is 15.4 Å². The van der Waals surface area contributed by atoms with Crippen molar-refractivity contribution >= 4 is 17.9 Å². The van der Waals surface area contributed by atoms with Crippen LogP contribution in [0.5, 0.6) is 0 Å². The number of carbonyl (C=O) groups is 3. The van der Waals surface area contributed by atoms with Gasteiger partial charge in [0.25, 0.3) is 0 Å². The fraction of sp³-hybridized carbons (Fsp3) is 0.700. The van der Waals surface area contributed by atoms with E-state index in [4.69, 9.17) is 0 Å². The highest BCUT2D eigenvalue weighted by molar-refractivity contribution is 5.87. The highest BCUT2D eigenvalue weighted by Gasteiger charge is 2.17. The van der Waals surface area contributed by atoms with Crippen LogP contribution in [0, 0.1) is 0 Å². The molecule has 7 heteroatoms. The maximum absolute atomic E-state index is 11.4. The number of esters is 1. The Bertz CT molecular complexity index is 291. The minimum absolute atomic E-state index is 0.220. The smallest absolute Gasteiger partial charge is 0.325 e. The first kappa shape index (κ1) is 15.2. The Balaban J connectivity index is 3.94. The van der Waals surface area contributed by atoms with Gasteiger partial charge in [0.2, 0.25) is 5.91 Å². The molecule has 0 saturated heterocycles. The maximum atomic E-state index is 11.4. The lowest BCUT2D eigenvalue weighted by atomic mass is 10.3. The van der Waals surface area contributed by atoms with E-state index < -0.39 is 18.0 Å². The summed E-state index contributed by atoms with van der Waals surface area (Å²) in [6.07, 6.45) is 0. The normalized spacial score (nSPS) is 11.3. The van der Waals surface area contributed by atoms with Gasteiger partial charge in [-0.05, 0) is 13.8 Å². The van der Waals surface area contributed by atoms with Gasteiger partial charge in [-0.1, -0.05) is 0 Å². The Morgan fingerprint density at radius 3 is 2.35 bits per heavy atom. The van der Waals surface area contributed by atoms with E-state index in [0.29, 0.717) is 0 Å². The summed E-state index contributed by atoms with van der Waals surface area (Å²) >= 11 is 0. The first-order valence-electron chi connectivity index (χ1n) is 5.29. The van der Waals surface area contributed by atoms with Gasteiger partial charge < -0.3 is 20.3 Å². The van der Waals surface area contributed by atoms with Crippen molar-refractivity contribution in [2.45, 2.75) is 19.9 Å². The molecule has 1 atom stereocenters. The standard InChI is InChI=1S/C10H19N3O4/c1-5-17-8(14)6-11-10(16)12-7(2)9(15)13(3)4/h7H,5-6H2,1-4H3,(H2,11,12,16). The van der Waals surface area contributed by atoms with Gasteiger partial charge >= 0.3 is 12.0 Å². The molecule has 7 nitrogen and oxygen atoms in total. The molecule has 2 N–H and O–H groups in total. The lowest BCUT2D eigenvalue weighted by Crippen LogP contribution is -2.49. The van der Waals surface area contributed by atoms with Crippen molar-refractivity contribution in [3.05, 3.63) is 0 Å². The number of carbonyl (C=O) groups excluding carboxylic acids is 3. The molecule has 0 aromatic carbocycles. The lowest BCUT2D eigenvalue weighted by molar-refractivity contribution is -0.141. The Labute approximate surface area is 100 Å². The summed E-state index contributed by atoms with van der Waals surface area (Å²) in [4.78, 5) is 35.0. The quantitative estimate of drug-likeness (QED) is 0.628. The van der Waals surface area contributed by atoms with Crippen LogP contribution in [0.1, 0.15) is 13.8 Å². The zero-order valence-electron chi connectivity index (χ0n) is 10.6. The predicted molar refractivity (Wildman–Crippen MR) is 61.3 cm³/mol. The monoisotopic (exact) mass is 245 g/mol. The molecule has 0 heterocycles. The van der Waals surface area contributed by atoms with Gasteiger partial charge in [0.15, 0.2) is 0 Å². The third-order valence-corrected chi connectivity index (χ3v) is 1.86. The van der Waals surface area contributed by atoms with Crippen molar-refractivity contribution in [1.29, 1.82) is 0 Å². The van der Waals surface area contributed by atoms with E-state index in [9.17, 15) is 14.4 Å². The number of amides is 3. The second-order valence-electron chi connectivity index (χ2n) is 3.59. The number of hydrogen-bond donors (Lipinski definition) is 2. The molecule has 0 fully saturated rings. The van der Waals surface area contributed by atoms with Gasteiger partial charge in [0.1, 0.15) is 12.6 Å². The lowest BCUT2D eigenvalue weighted by Gasteiger charge is -2.18. The van der Waals surface area contributed by atoms with Crippen LogP contribution in [0.2, 0.25) is 0 Å². The molecule has 0 aromatic heterocycles. The van der Waals surface area contributed by atoms with Crippen molar-refractivity contribution in [1.82, 2.24) is 15.5 Å². The van der Waals surface area contributed by atoms with Crippen LogP contribution < -0.4 is 10.6 Å². The molecule has 0 aliphatic rings. The van der Waals surface area contributed by atoms with E-state index in [0.717, 1.165) is 0 Å². The highest BCUT2D eigenvalue weighted by atomic mass is 16.5. The highest BCUT2D eigenvalue weighted by Crippen LogP contribution is 1.88. The van der Waals surface area contributed by atoms with E-state index in [1.165, 1.54) is 4.90 Å². The number of rotatable bonds is 5. The number of nitrogens with zero attached hydrogens (tertiary/aromatic N) is 1. The molecule has 0 spiro atoms. The summed E-state index contributed by atoms with van der Waals surface area (Å²) in [6, 6.07) is -1.23. The molecule has 3 amide bonds. The number of hydrogen-bond acceptors (Lipinski definition) is 4. The second kappa shape index (κ2) is 7.48. The average Bonchev–Trinajstić information content (AvgIpc) is 2.25. The summed E-state index contributed by atoms with van der Waals surface area (Å²) in [6.45, 7) is 3.28. The molecule has 17 heavy (non-hydrogen) atoms. The van der Waals surface area contributed by atoms with Gasteiger partial charge in [0, 0.05) is 14.1 Å². The fourth-order valence-electron chi connectivity index (χ4n) is 1.06. The summed E-state index contributed by atoms with van der Waals surface area (Å²) in [7, 11) is 3.19. The molecule has 0 saturated carbocycles. The summed E-state index contributed by atoms with van der Waals surface area (Å²) in [5, 5.41) is 4.71. The molecule has 0 aliphatic heterocycles. The van der Waals surface area contributed by atoms with E-state index in [1.807, 2.05) is 0 Å². The summed E-state index contributed by atoms with van der Waals surface area (Å²) in [5.74, 6) is -0.745. The molecular formula is C10H19N3O4. The molecule has 98 valence electrons. The maximum Gasteiger partial charge on any atom is 0.325 e. The van der Waals surface area contributed by atoms with Crippen LogP contribution in [0.3, 0.4) is 0 Å². The van der Waals surface area contributed by atoms with E-state index in [-0.39, 0.29) is 19.1 Å². The van der Waals surface area contributed by atoms with Crippen LogP contribution in [0.15, 0.2) is 0 Å². The molecule has 0 bridgehead atoms. The molecule has 0 aromatic rings. The van der Waals surface area contributed by atoms with Crippen molar-refractivity contribution < 1.29 is 19.1 Å². The number of urea groups is 1. The third kappa shape index (κ3) is 6.39. The largest absolute Gasteiger partial charge is 0.465 e. The first-order chi connectivity index (χ1) is 7.88. The molecule has 1 unspecified atom stereocenters. The summed E-state index contributed by atoms with van der Waals surface area (Å²) in [5.41, 5.74) is 0. The minimum Gasteiger partial charge on any atom is -0.465 e. The minimum atomic E-state index is -0.646. The second-order valence-corrected chi connectivity index (χ2v) is 3.59. The molecule has 0 aliphatic carbocycles. The van der Waals surface area contributed by atoms with Crippen LogP contribution in [-0.4, -0.2) is 56.1 Å². The SMILES string of the molecule is CCOC(=O)CNC(=O)NC(C)C(=O)N(C)C. The van der Waals surface area contributed by atoms with Crippen LogP contribution in [0.4, 0.5) is 4.79 Å².